The molecule has 0 saturated carbocycles. The van der Waals surface area contributed by atoms with Crippen molar-refractivity contribution in [1.29, 1.82) is 0 Å². The second-order valence-corrected chi connectivity index (χ2v) is 6.30. The van der Waals surface area contributed by atoms with Gasteiger partial charge in [0.05, 0.1) is 12.6 Å². The summed E-state index contributed by atoms with van der Waals surface area (Å²) < 4.78 is 10.7. The molecule has 1 atom stereocenters. The molecular formula is C19H19ClN2O4. The number of carbonyl (C=O) groups is 2. The van der Waals surface area contributed by atoms with E-state index in [2.05, 4.69) is 5.32 Å². The van der Waals surface area contributed by atoms with Crippen LogP contribution in [0.2, 0.25) is 5.02 Å². The highest BCUT2D eigenvalue weighted by molar-refractivity contribution is 6.30. The molecule has 0 aromatic heterocycles. The molecule has 0 bridgehead atoms. The van der Waals surface area contributed by atoms with Crippen molar-refractivity contribution in [3.05, 3.63) is 65.2 Å². The average molecular weight is 375 g/mol. The number of carbonyl (C=O) groups excluding carboxylic acids is 2. The smallest absolute Gasteiger partial charge is 0.407 e. The van der Waals surface area contributed by atoms with Crippen LogP contribution in [0.3, 0.4) is 0 Å². The maximum atomic E-state index is 12.1. The summed E-state index contributed by atoms with van der Waals surface area (Å²) in [6.07, 6.45) is -0.848. The van der Waals surface area contributed by atoms with Crippen LogP contribution in [0.1, 0.15) is 5.56 Å². The quantitative estimate of drug-likeness (QED) is 0.873. The number of hydrogen-bond acceptors (Lipinski definition) is 4. The van der Waals surface area contributed by atoms with Crippen molar-refractivity contribution >= 4 is 29.3 Å². The highest BCUT2D eigenvalue weighted by Gasteiger charge is 2.27. The number of amides is 2. The molecule has 26 heavy (non-hydrogen) atoms. The Morgan fingerprint density at radius 1 is 1.23 bits per heavy atom. The number of nitrogens with one attached hydrogen (secondary N) is 1. The topological polar surface area (TPSA) is 67.9 Å². The van der Waals surface area contributed by atoms with Gasteiger partial charge in [0.15, 0.2) is 0 Å². The van der Waals surface area contributed by atoms with E-state index in [-0.39, 0.29) is 31.8 Å². The molecule has 1 fully saturated rings. The number of rotatable bonds is 5. The summed E-state index contributed by atoms with van der Waals surface area (Å²) in [6, 6.07) is 16.5. The number of alkyl carbamates (subject to hydrolysis) is 1. The lowest BCUT2D eigenvalue weighted by molar-refractivity contribution is -0.129. The van der Waals surface area contributed by atoms with Gasteiger partial charge in [-0.05, 0) is 23.8 Å². The standard InChI is InChI=1S/C19H19ClN2O4/c20-15-7-4-8-16(9-15)22-11-17(25-13-18(22)23)10-21-19(24)26-12-14-5-2-1-3-6-14/h1-9,17H,10-13H2,(H,21,24). The zero-order valence-electron chi connectivity index (χ0n) is 14.1. The van der Waals surface area contributed by atoms with Crippen molar-refractivity contribution in [3.63, 3.8) is 0 Å². The number of morpholine rings is 1. The summed E-state index contributed by atoms with van der Waals surface area (Å²) in [5.41, 5.74) is 1.62. The first-order chi connectivity index (χ1) is 12.6. The second-order valence-electron chi connectivity index (χ2n) is 5.86. The van der Waals surface area contributed by atoms with E-state index in [1.165, 1.54) is 0 Å². The van der Waals surface area contributed by atoms with Gasteiger partial charge in [-0.1, -0.05) is 48.0 Å². The van der Waals surface area contributed by atoms with Gasteiger partial charge >= 0.3 is 6.09 Å². The number of ether oxygens (including phenoxy) is 2. The fourth-order valence-corrected chi connectivity index (χ4v) is 2.80. The lowest BCUT2D eigenvalue weighted by Crippen LogP contribution is -2.50. The van der Waals surface area contributed by atoms with E-state index in [9.17, 15) is 9.59 Å². The molecule has 2 amide bonds. The number of hydrogen-bond donors (Lipinski definition) is 1. The molecule has 1 unspecified atom stereocenters. The van der Waals surface area contributed by atoms with E-state index in [4.69, 9.17) is 21.1 Å². The first-order valence-corrected chi connectivity index (χ1v) is 8.62. The Kier molecular flexibility index (Phi) is 6.09. The minimum Gasteiger partial charge on any atom is -0.445 e. The number of halogens is 1. The third-order valence-electron chi connectivity index (χ3n) is 3.94. The number of nitrogens with zero attached hydrogens (tertiary/aromatic N) is 1. The third-order valence-corrected chi connectivity index (χ3v) is 4.17. The Morgan fingerprint density at radius 3 is 2.81 bits per heavy atom. The van der Waals surface area contributed by atoms with Gasteiger partial charge in [-0.15, -0.1) is 0 Å². The summed E-state index contributed by atoms with van der Waals surface area (Å²) in [4.78, 5) is 25.5. The van der Waals surface area contributed by atoms with Crippen LogP contribution in [0.5, 0.6) is 0 Å². The van der Waals surface area contributed by atoms with Gasteiger partial charge in [-0.2, -0.15) is 0 Å². The van der Waals surface area contributed by atoms with Crippen LogP contribution in [0.15, 0.2) is 54.6 Å². The van der Waals surface area contributed by atoms with Crippen molar-refractivity contribution < 1.29 is 19.1 Å². The molecule has 1 saturated heterocycles. The molecule has 0 radical (unpaired) electrons. The molecular weight excluding hydrogens is 356 g/mol. The van der Waals surface area contributed by atoms with E-state index in [0.717, 1.165) is 5.56 Å². The van der Waals surface area contributed by atoms with Crippen LogP contribution in [-0.2, 0) is 20.9 Å². The van der Waals surface area contributed by atoms with Crippen LogP contribution in [0.4, 0.5) is 10.5 Å². The van der Waals surface area contributed by atoms with Crippen LogP contribution < -0.4 is 10.2 Å². The van der Waals surface area contributed by atoms with E-state index in [1.807, 2.05) is 36.4 Å². The monoisotopic (exact) mass is 374 g/mol. The number of benzene rings is 2. The zero-order valence-corrected chi connectivity index (χ0v) is 14.8. The van der Waals surface area contributed by atoms with Gasteiger partial charge in [0.25, 0.3) is 5.91 Å². The van der Waals surface area contributed by atoms with Gasteiger partial charge in [0, 0.05) is 17.3 Å². The first kappa shape index (κ1) is 18.2. The van der Waals surface area contributed by atoms with Gasteiger partial charge in [-0.3, -0.25) is 4.79 Å². The Morgan fingerprint density at radius 2 is 2.04 bits per heavy atom. The average Bonchev–Trinajstić information content (AvgIpc) is 2.66. The molecule has 1 N–H and O–H groups in total. The summed E-state index contributed by atoms with van der Waals surface area (Å²) in [7, 11) is 0. The van der Waals surface area contributed by atoms with Crippen LogP contribution in [0.25, 0.3) is 0 Å². The van der Waals surface area contributed by atoms with E-state index < -0.39 is 6.09 Å². The highest BCUT2D eigenvalue weighted by atomic mass is 35.5. The Labute approximate surface area is 156 Å². The maximum Gasteiger partial charge on any atom is 0.407 e. The molecule has 136 valence electrons. The summed E-state index contributed by atoms with van der Waals surface area (Å²) in [5, 5.41) is 3.23. The molecule has 2 aromatic carbocycles. The van der Waals surface area contributed by atoms with E-state index in [1.54, 1.807) is 23.1 Å². The summed E-state index contributed by atoms with van der Waals surface area (Å²) in [5.74, 6) is -0.143. The molecule has 3 rings (SSSR count). The van der Waals surface area contributed by atoms with Gasteiger partial charge in [0.2, 0.25) is 0 Å². The molecule has 1 heterocycles. The van der Waals surface area contributed by atoms with Crippen molar-refractivity contribution in [3.8, 4) is 0 Å². The van der Waals surface area contributed by atoms with Gasteiger partial charge in [0.1, 0.15) is 13.2 Å². The first-order valence-electron chi connectivity index (χ1n) is 8.24. The molecule has 0 aliphatic carbocycles. The molecule has 1 aliphatic rings. The number of anilines is 1. The largest absolute Gasteiger partial charge is 0.445 e. The predicted octanol–water partition coefficient (Wildman–Crippen LogP) is 3.00. The van der Waals surface area contributed by atoms with E-state index in [0.29, 0.717) is 17.3 Å². The lowest BCUT2D eigenvalue weighted by atomic mass is 10.2. The van der Waals surface area contributed by atoms with E-state index >= 15 is 0 Å². The lowest BCUT2D eigenvalue weighted by Gasteiger charge is -2.32. The van der Waals surface area contributed by atoms with Crippen molar-refractivity contribution in [2.75, 3.05) is 24.6 Å². The highest BCUT2D eigenvalue weighted by Crippen LogP contribution is 2.22. The predicted molar refractivity (Wildman–Crippen MR) is 98.2 cm³/mol. The maximum absolute atomic E-state index is 12.1. The second kappa shape index (κ2) is 8.69. The Bertz CT molecular complexity index is 769. The van der Waals surface area contributed by atoms with Crippen molar-refractivity contribution in [2.24, 2.45) is 0 Å². The fourth-order valence-electron chi connectivity index (χ4n) is 2.61. The van der Waals surface area contributed by atoms with Crippen LogP contribution in [-0.4, -0.2) is 37.8 Å². The molecule has 0 spiro atoms. The SMILES string of the molecule is O=C(NCC1CN(c2cccc(Cl)c2)C(=O)CO1)OCc1ccccc1. The summed E-state index contributed by atoms with van der Waals surface area (Å²) in [6.45, 7) is 0.735. The minimum atomic E-state index is -0.524. The zero-order chi connectivity index (χ0) is 18.4. The Balaban J connectivity index is 1.49. The third kappa shape index (κ3) is 4.97. The van der Waals surface area contributed by atoms with Crippen molar-refractivity contribution in [2.45, 2.75) is 12.7 Å². The van der Waals surface area contributed by atoms with Crippen LogP contribution >= 0.6 is 11.6 Å². The molecule has 1 aliphatic heterocycles. The minimum absolute atomic E-state index is 0.0437. The molecule has 7 heteroatoms. The normalized spacial score (nSPS) is 17.0. The van der Waals surface area contributed by atoms with Gasteiger partial charge in [-0.25, -0.2) is 4.79 Å². The van der Waals surface area contributed by atoms with Crippen molar-refractivity contribution in [1.82, 2.24) is 5.32 Å². The van der Waals surface area contributed by atoms with Gasteiger partial charge < -0.3 is 19.7 Å². The summed E-state index contributed by atoms with van der Waals surface area (Å²) >= 11 is 5.99. The molecule has 6 nitrogen and oxygen atoms in total. The van der Waals surface area contributed by atoms with Crippen LogP contribution in [0, 0.1) is 0 Å². The molecule has 2 aromatic rings. The Hall–Kier alpha value is -2.57. The fraction of sp³-hybridized carbons (Fsp3) is 0.263.